The molecule has 0 spiro atoms. The summed E-state index contributed by atoms with van der Waals surface area (Å²) in [5, 5.41) is 9.32. The molecule has 1 fully saturated rings. The normalized spacial score (nSPS) is 21.2. The zero-order valence-electron chi connectivity index (χ0n) is 9.10. The molecule has 0 aromatic heterocycles. The summed E-state index contributed by atoms with van der Waals surface area (Å²) in [6.07, 6.45) is 0.655. The molecule has 0 aliphatic carbocycles. The van der Waals surface area contributed by atoms with Gasteiger partial charge in [0, 0.05) is 19.6 Å². The minimum absolute atomic E-state index is 0.189. The Kier molecular flexibility index (Phi) is 3.74. The molecule has 1 aliphatic heterocycles. The first-order chi connectivity index (χ1) is 7.74. The average Bonchev–Trinajstić information content (AvgIpc) is 2.67. The summed E-state index contributed by atoms with van der Waals surface area (Å²) in [5.74, 6) is 0.427. The number of β-amino-alcohol motifs (C(OH)–C–C–N with tert-alkyl or cyclic N) is 1. The van der Waals surface area contributed by atoms with Gasteiger partial charge in [-0.2, -0.15) is 0 Å². The van der Waals surface area contributed by atoms with E-state index in [4.69, 9.17) is 4.74 Å². The van der Waals surface area contributed by atoms with Gasteiger partial charge in [-0.05, 0) is 30.7 Å². The number of hydrogen-bond donors (Lipinski definition) is 1. The molecule has 0 radical (unpaired) electrons. The van der Waals surface area contributed by atoms with Gasteiger partial charge in [-0.3, -0.25) is 4.90 Å². The van der Waals surface area contributed by atoms with Crippen LogP contribution in [0.2, 0.25) is 0 Å². The Morgan fingerprint density at radius 2 is 2.12 bits per heavy atom. The molecule has 0 saturated carbocycles. The second-order valence-corrected chi connectivity index (χ2v) is 4.05. The molecule has 1 atom stereocenters. The van der Waals surface area contributed by atoms with Crippen molar-refractivity contribution in [2.45, 2.75) is 12.5 Å². The van der Waals surface area contributed by atoms with Gasteiger partial charge in [0.25, 0.3) is 0 Å². The molecule has 2 rings (SSSR count). The van der Waals surface area contributed by atoms with Crippen molar-refractivity contribution in [3.63, 3.8) is 0 Å². The average molecular weight is 225 g/mol. The van der Waals surface area contributed by atoms with Gasteiger partial charge in [0.2, 0.25) is 0 Å². The topological polar surface area (TPSA) is 32.7 Å². The third-order valence-corrected chi connectivity index (χ3v) is 2.74. The number of hydrogen-bond acceptors (Lipinski definition) is 3. The Labute approximate surface area is 94.4 Å². The van der Waals surface area contributed by atoms with Crippen molar-refractivity contribution in [1.82, 2.24) is 4.90 Å². The van der Waals surface area contributed by atoms with E-state index in [2.05, 4.69) is 4.90 Å². The van der Waals surface area contributed by atoms with Crippen molar-refractivity contribution >= 4 is 0 Å². The zero-order chi connectivity index (χ0) is 11.4. The lowest BCUT2D eigenvalue weighted by molar-refractivity contribution is 0.167. The fourth-order valence-electron chi connectivity index (χ4n) is 1.84. The molecule has 1 heterocycles. The molecular weight excluding hydrogens is 209 g/mol. The maximum atomic E-state index is 12.6. The molecule has 1 aromatic carbocycles. The van der Waals surface area contributed by atoms with Crippen molar-refractivity contribution in [2.24, 2.45) is 0 Å². The Bertz CT molecular complexity index is 328. The predicted octanol–water partition coefficient (Wildman–Crippen LogP) is 1.27. The first kappa shape index (κ1) is 11.4. The summed E-state index contributed by atoms with van der Waals surface area (Å²) in [6, 6.07) is 6.01. The van der Waals surface area contributed by atoms with Crippen LogP contribution < -0.4 is 4.74 Å². The Morgan fingerprint density at radius 1 is 1.38 bits per heavy atom. The summed E-state index contributed by atoms with van der Waals surface area (Å²) in [5.41, 5.74) is 0. The van der Waals surface area contributed by atoms with E-state index in [1.54, 1.807) is 12.1 Å². The van der Waals surface area contributed by atoms with Crippen molar-refractivity contribution in [3.8, 4) is 5.75 Å². The quantitative estimate of drug-likeness (QED) is 0.837. The lowest BCUT2D eigenvalue weighted by atomic mass is 10.3. The van der Waals surface area contributed by atoms with E-state index in [-0.39, 0.29) is 11.9 Å². The number of rotatable bonds is 4. The van der Waals surface area contributed by atoms with Gasteiger partial charge >= 0.3 is 0 Å². The first-order valence-electron chi connectivity index (χ1n) is 5.53. The Hall–Kier alpha value is -1.13. The van der Waals surface area contributed by atoms with Crippen LogP contribution in [0.1, 0.15) is 6.42 Å². The van der Waals surface area contributed by atoms with Gasteiger partial charge in [-0.25, -0.2) is 4.39 Å². The van der Waals surface area contributed by atoms with Gasteiger partial charge in [0.15, 0.2) is 0 Å². The van der Waals surface area contributed by atoms with E-state index >= 15 is 0 Å². The van der Waals surface area contributed by atoms with E-state index in [1.165, 1.54) is 12.1 Å². The third kappa shape index (κ3) is 3.18. The molecule has 0 amide bonds. The number of benzene rings is 1. The predicted molar refractivity (Wildman–Crippen MR) is 59.0 cm³/mol. The molecule has 0 bridgehead atoms. The van der Waals surface area contributed by atoms with E-state index in [0.717, 1.165) is 26.1 Å². The molecule has 1 unspecified atom stereocenters. The van der Waals surface area contributed by atoms with Gasteiger partial charge in [-0.15, -0.1) is 0 Å². The van der Waals surface area contributed by atoms with Crippen LogP contribution in [0.5, 0.6) is 5.75 Å². The van der Waals surface area contributed by atoms with Gasteiger partial charge < -0.3 is 9.84 Å². The monoisotopic (exact) mass is 225 g/mol. The zero-order valence-corrected chi connectivity index (χ0v) is 9.10. The molecule has 16 heavy (non-hydrogen) atoms. The molecule has 3 nitrogen and oxygen atoms in total. The van der Waals surface area contributed by atoms with E-state index in [0.29, 0.717) is 12.4 Å². The van der Waals surface area contributed by atoms with Crippen molar-refractivity contribution in [1.29, 1.82) is 0 Å². The van der Waals surface area contributed by atoms with Crippen molar-refractivity contribution in [2.75, 3.05) is 26.2 Å². The van der Waals surface area contributed by atoms with Gasteiger partial charge in [-0.1, -0.05) is 0 Å². The highest BCUT2D eigenvalue weighted by Crippen LogP contribution is 2.12. The smallest absolute Gasteiger partial charge is 0.123 e. The molecule has 4 heteroatoms. The Morgan fingerprint density at radius 3 is 2.75 bits per heavy atom. The maximum absolute atomic E-state index is 12.6. The highest BCUT2D eigenvalue weighted by Gasteiger charge is 2.19. The summed E-state index contributed by atoms with van der Waals surface area (Å²) in [4.78, 5) is 2.16. The van der Waals surface area contributed by atoms with Crippen molar-refractivity contribution in [3.05, 3.63) is 30.1 Å². The molecule has 88 valence electrons. The van der Waals surface area contributed by atoms with Crippen LogP contribution >= 0.6 is 0 Å². The molecule has 1 aliphatic rings. The number of aliphatic hydroxyl groups is 1. The molecule has 1 aromatic rings. The number of likely N-dealkylation sites (tertiary alicyclic amines) is 1. The van der Waals surface area contributed by atoms with E-state index in [9.17, 15) is 9.50 Å². The summed E-state index contributed by atoms with van der Waals surface area (Å²) in [7, 11) is 0. The van der Waals surface area contributed by atoms with Gasteiger partial charge in [0.1, 0.15) is 18.2 Å². The van der Waals surface area contributed by atoms with Crippen LogP contribution in [0.4, 0.5) is 4.39 Å². The largest absolute Gasteiger partial charge is 0.492 e. The Balaban J connectivity index is 1.70. The van der Waals surface area contributed by atoms with Gasteiger partial charge in [0.05, 0.1) is 6.10 Å². The molecule has 1 N–H and O–H groups in total. The van der Waals surface area contributed by atoms with Crippen LogP contribution in [0.15, 0.2) is 24.3 Å². The highest BCUT2D eigenvalue weighted by molar-refractivity contribution is 5.21. The summed E-state index contributed by atoms with van der Waals surface area (Å²) < 4.78 is 18.1. The number of ether oxygens (including phenoxy) is 1. The highest BCUT2D eigenvalue weighted by atomic mass is 19.1. The number of nitrogens with zero attached hydrogens (tertiary/aromatic N) is 1. The van der Waals surface area contributed by atoms with Crippen LogP contribution in [0, 0.1) is 5.82 Å². The fourth-order valence-corrected chi connectivity index (χ4v) is 1.84. The standard InChI is InChI=1S/C12H16FNO2/c13-10-1-3-12(4-2-10)16-8-7-14-6-5-11(15)9-14/h1-4,11,15H,5-9H2. The lowest BCUT2D eigenvalue weighted by Gasteiger charge is -2.15. The summed E-state index contributed by atoms with van der Waals surface area (Å²) >= 11 is 0. The first-order valence-corrected chi connectivity index (χ1v) is 5.53. The number of halogens is 1. The summed E-state index contributed by atoms with van der Waals surface area (Å²) in [6.45, 7) is 3.02. The van der Waals surface area contributed by atoms with E-state index in [1.807, 2.05) is 0 Å². The second kappa shape index (κ2) is 5.27. The van der Waals surface area contributed by atoms with Crippen molar-refractivity contribution < 1.29 is 14.2 Å². The number of aliphatic hydroxyl groups excluding tert-OH is 1. The third-order valence-electron chi connectivity index (χ3n) is 2.74. The fraction of sp³-hybridized carbons (Fsp3) is 0.500. The molecule has 1 saturated heterocycles. The van der Waals surface area contributed by atoms with Crippen LogP contribution in [0.3, 0.4) is 0 Å². The minimum Gasteiger partial charge on any atom is -0.492 e. The minimum atomic E-state index is -0.255. The maximum Gasteiger partial charge on any atom is 0.123 e. The van der Waals surface area contributed by atoms with Crippen LogP contribution in [-0.4, -0.2) is 42.4 Å². The van der Waals surface area contributed by atoms with E-state index < -0.39 is 0 Å². The lowest BCUT2D eigenvalue weighted by Crippen LogP contribution is -2.27. The second-order valence-electron chi connectivity index (χ2n) is 4.05. The van der Waals surface area contributed by atoms with Crippen LogP contribution in [-0.2, 0) is 0 Å². The van der Waals surface area contributed by atoms with Crippen LogP contribution in [0.25, 0.3) is 0 Å². The SMILES string of the molecule is OC1CCN(CCOc2ccc(F)cc2)C1. The molecular formula is C12H16FNO2.